The van der Waals surface area contributed by atoms with Gasteiger partial charge >= 0.3 is 0 Å². The van der Waals surface area contributed by atoms with E-state index in [4.69, 9.17) is 9.47 Å². The fourth-order valence-electron chi connectivity index (χ4n) is 3.31. The predicted octanol–water partition coefficient (Wildman–Crippen LogP) is -0.136. The van der Waals surface area contributed by atoms with E-state index in [2.05, 4.69) is 19.7 Å². The number of rotatable bonds is 5. The Labute approximate surface area is 124 Å². The molecule has 0 radical (unpaired) electrons. The number of ether oxygens (including phenoxy) is 2. The quantitative estimate of drug-likeness (QED) is 0.815. The lowest BCUT2D eigenvalue weighted by molar-refractivity contribution is 0.0652. The second kappa shape index (κ2) is 6.83. The van der Waals surface area contributed by atoms with Gasteiger partial charge < -0.3 is 19.1 Å². The summed E-state index contributed by atoms with van der Waals surface area (Å²) in [4.78, 5) is 2.35. The van der Waals surface area contributed by atoms with Crippen molar-refractivity contribution < 1.29 is 14.6 Å². The van der Waals surface area contributed by atoms with Crippen molar-refractivity contribution >= 4 is 0 Å². The molecule has 2 aliphatic rings. The smallest absolute Gasteiger partial charge is 0.136 e. The minimum atomic E-state index is -0.341. The summed E-state index contributed by atoms with van der Waals surface area (Å²) in [5.74, 6) is 1.51. The molecule has 7 nitrogen and oxygen atoms in total. The van der Waals surface area contributed by atoms with Crippen molar-refractivity contribution in [1.82, 2.24) is 19.7 Å². The molecule has 118 valence electrons. The third-order valence-corrected chi connectivity index (χ3v) is 4.57. The Kier molecular flexibility index (Phi) is 4.84. The fraction of sp³-hybridized carbons (Fsp3) is 0.857. The Bertz CT molecular complexity index is 445. The number of piperidine rings is 1. The molecule has 1 N–H and O–H groups in total. The Morgan fingerprint density at radius 3 is 2.86 bits per heavy atom. The molecule has 3 rings (SSSR count). The molecule has 2 fully saturated rings. The Hall–Kier alpha value is -1.02. The number of aliphatic hydroxyl groups excluding tert-OH is 1. The number of nitrogens with zero attached hydrogens (tertiary/aromatic N) is 4. The van der Waals surface area contributed by atoms with Gasteiger partial charge in [-0.15, -0.1) is 10.2 Å². The van der Waals surface area contributed by atoms with E-state index in [1.54, 1.807) is 13.4 Å². The molecule has 2 aliphatic heterocycles. The topological polar surface area (TPSA) is 72.6 Å². The number of methoxy groups -OCH3 is 1. The van der Waals surface area contributed by atoms with Crippen molar-refractivity contribution in [3.63, 3.8) is 0 Å². The first-order chi connectivity index (χ1) is 10.3. The van der Waals surface area contributed by atoms with E-state index >= 15 is 0 Å². The van der Waals surface area contributed by atoms with E-state index in [9.17, 15) is 5.11 Å². The largest absolute Gasteiger partial charge is 0.389 e. The average Bonchev–Trinajstić information content (AvgIpc) is 3.14. The van der Waals surface area contributed by atoms with Gasteiger partial charge in [0.2, 0.25) is 0 Å². The zero-order valence-electron chi connectivity index (χ0n) is 12.5. The summed E-state index contributed by atoms with van der Waals surface area (Å²) in [6.45, 7) is 4.55. The van der Waals surface area contributed by atoms with Gasteiger partial charge in [-0.1, -0.05) is 0 Å². The maximum atomic E-state index is 9.93. The van der Waals surface area contributed by atoms with Crippen LogP contribution >= 0.6 is 0 Å². The number of aromatic nitrogens is 3. The van der Waals surface area contributed by atoms with E-state index in [1.165, 1.54) is 0 Å². The number of hydrogen-bond acceptors (Lipinski definition) is 6. The first-order valence-electron chi connectivity index (χ1n) is 7.66. The summed E-state index contributed by atoms with van der Waals surface area (Å²) in [5.41, 5.74) is 0. The molecule has 0 spiro atoms. The Balaban J connectivity index is 1.57. The second-order valence-electron chi connectivity index (χ2n) is 5.86. The SMILES string of the molecule is COCCn1cnnc1C1CCN([C@H]2COC[C@H]2O)CC1. The highest BCUT2D eigenvalue weighted by atomic mass is 16.5. The van der Waals surface area contributed by atoms with Crippen molar-refractivity contribution in [1.29, 1.82) is 0 Å². The van der Waals surface area contributed by atoms with Gasteiger partial charge in [0.15, 0.2) is 0 Å². The molecule has 1 aromatic heterocycles. The highest BCUT2D eigenvalue weighted by Gasteiger charge is 2.34. The molecule has 2 atom stereocenters. The second-order valence-corrected chi connectivity index (χ2v) is 5.86. The van der Waals surface area contributed by atoms with Crippen LogP contribution in [0.1, 0.15) is 24.6 Å². The molecule has 0 bridgehead atoms. The van der Waals surface area contributed by atoms with Crippen LogP contribution in [0.4, 0.5) is 0 Å². The normalized spacial score (nSPS) is 28.3. The highest BCUT2D eigenvalue weighted by Crippen LogP contribution is 2.29. The van der Waals surface area contributed by atoms with Crippen LogP contribution in [0.15, 0.2) is 6.33 Å². The van der Waals surface area contributed by atoms with Crippen LogP contribution in [-0.2, 0) is 16.0 Å². The third kappa shape index (κ3) is 3.26. The maximum Gasteiger partial charge on any atom is 0.136 e. The molecular formula is C14H24N4O3. The lowest BCUT2D eigenvalue weighted by Crippen LogP contribution is -2.46. The van der Waals surface area contributed by atoms with E-state index < -0.39 is 0 Å². The van der Waals surface area contributed by atoms with Gasteiger partial charge in [-0.25, -0.2) is 0 Å². The van der Waals surface area contributed by atoms with Gasteiger partial charge in [0.05, 0.1) is 32.0 Å². The zero-order chi connectivity index (χ0) is 14.7. The lowest BCUT2D eigenvalue weighted by atomic mass is 9.94. The number of aliphatic hydroxyl groups is 1. The first-order valence-corrected chi connectivity index (χ1v) is 7.66. The molecule has 0 unspecified atom stereocenters. The van der Waals surface area contributed by atoms with Gasteiger partial charge in [0.25, 0.3) is 0 Å². The molecule has 0 aromatic carbocycles. The van der Waals surface area contributed by atoms with Gasteiger partial charge in [-0.2, -0.15) is 0 Å². The average molecular weight is 296 g/mol. The highest BCUT2D eigenvalue weighted by molar-refractivity contribution is 5.00. The molecule has 1 aromatic rings. The van der Waals surface area contributed by atoms with Gasteiger partial charge in [-0.05, 0) is 25.9 Å². The van der Waals surface area contributed by atoms with Gasteiger partial charge in [0.1, 0.15) is 12.2 Å². The van der Waals surface area contributed by atoms with Gasteiger partial charge in [0, 0.05) is 19.6 Å². The first kappa shape index (κ1) is 14.9. The molecule has 2 saturated heterocycles. The van der Waals surface area contributed by atoms with E-state index in [0.717, 1.165) is 38.3 Å². The minimum absolute atomic E-state index is 0.164. The molecule has 21 heavy (non-hydrogen) atoms. The molecule has 3 heterocycles. The summed E-state index contributed by atoms with van der Waals surface area (Å²) in [6, 6.07) is 0.164. The molecule has 0 aliphatic carbocycles. The Morgan fingerprint density at radius 2 is 2.19 bits per heavy atom. The monoisotopic (exact) mass is 296 g/mol. The lowest BCUT2D eigenvalue weighted by Gasteiger charge is -2.36. The molecule has 0 amide bonds. The van der Waals surface area contributed by atoms with Crippen LogP contribution in [0.2, 0.25) is 0 Å². The molecule has 7 heteroatoms. The van der Waals surface area contributed by atoms with E-state index in [-0.39, 0.29) is 12.1 Å². The molecule has 0 saturated carbocycles. The summed E-state index contributed by atoms with van der Waals surface area (Å²) in [7, 11) is 1.71. The van der Waals surface area contributed by atoms with Crippen molar-refractivity contribution in [2.75, 3.05) is 40.0 Å². The van der Waals surface area contributed by atoms with Crippen molar-refractivity contribution in [3.05, 3.63) is 12.2 Å². The van der Waals surface area contributed by atoms with Crippen LogP contribution < -0.4 is 0 Å². The van der Waals surface area contributed by atoms with Crippen LogP contribution in [0.3, 0.4) is 0 Å². The third-order valence-electron chi connectivity index (χ3n) is 4.57. The van der Waals surface area contributed by atoms with Crippen molar-refractivity contribution in [3.8, 4) is 0 Å². The molecular weight excluding hydrogens is 272 g/mol. The standard InChI is InChI=1S/C14H24N4O3/c1-20-7-6-18-10-15-16-14(18)11-2-4-17(5-3-11)12-8-21-9-13(12)19/h10-13,19H,2-9H2,1H3/t12-,13+/m0/s1. The van der Waals surface area contributed by atoms with Crippen LogP contribution in [-0.4, -0.2) is 76.9 Å². The van der Waals surface area contributed by atoms with Crippen LogP contribution in [0.25, 0.3) is 0 Å². The summed E-state index contributed by atoms with van der Waals surface area (Å²) in [5, 5.41) is 18.3. The van der Waals surface area contributed by atoms with Crippen LogP contribution in [0.5, 0.6) is 0 Å². The summed E-state index contributed by atoms with van der Waals surface area (Å²) >= 11 is 0. The number of likely N-dealkylation sites (tertiary alicyclic amines) is 1. The van der Waals surface area contributed by atoms with Crippen molar-refractivity contribution in [2.45, 2.75) is 37.5 Å². The fourth-order valence-corrected chi connectivity index (χ4v) is 3.31. The van der Waals surface area contributed by atoms with Crippen molar-refractivity contribution in [2.24, 2.45) is 0 Å². The predicted molar refractivity (Wildman–Crippen MR) is 76.1 cm³/mol. The van der Waals surface area contributed by atoms with E-state index in [0.29, 0.717) is 25.7 Å². The Morgan fingerprint density at radius 1 is 1.38 bits per heavy atom. The summed E-state index contributed by atoms with van der Waals surface area (Å²) < 4.78 is 12.6. The van der Waals surface area contributed by atoms with Gasteiger partial charge in [-0.3, -0.25) is 4.90 Å². The maximum absolute atomic E-state index is 9.93. The zero-order valence-corrected chi connectivity index (χ0v) is 12.5. The number of hydrogen-bond donors (Lipinski definition) is 1. The van der Waals surface area contributed by atoms with Crippen LogP contribution in [0, 0.1) is 0 Å². The summed E-state index contributed by atoms with van der Waals surface area (Å²) in [6.07, 6.45) is 3.55. The van der Waals surface area contributed by atoms with E-state index in [1.807, 2.05) is 0 Å². The minimum Gasteiger partial charge on any atom is -0.389 e.